The van der Waals surface area contributed by atoms with E-state index >= 15 is 0 Å². The lowest BCUT2D eigenvalue weighted by Crippen LogP contribution is -2.25. The molecule has 0 spiro atoms. The molecule has 1 aromatic carbocycles. The summed E-state index contributed by atoms with van der Waals surface area (Å²) in [6, 6.07) is 5.90. The molecule has 0 aromatic heterocycles. The maximum absolute atomic E-state index is 12.3. The molecule has 0 aliphatic heterocycles. The maximum Gasteiger partial charge on any atom is 0.253 e. The van der Waals surface area contributed by atoms with Crippen molar-refractivity contribution in [1.82, 2.24) is 5.32 Å². The second kappa shape index (κ2) is 10.2. The highest BCUT2D eigenvalue weighted by molar-refractivity contribution is 5.99. The van der Waals surface area contributed by atoms with E-state index in [0.29, 0.717) is 6.54 Å². The number of benzene rings is 1. The number of unbranched alkanes of at least 4 members (excludes halogenated alkanes) is 2. The van der Waals surface area contributed by atoms with Crippen LogP contribution in [0.1, 0.15) is 48.5 Å². The van der Waals surface area contributed by atoms with Crippen LogP contribution in [-0.4, -0.2) is 32.7 Å². The predicted octanol–water partition coefficient (Wildman–Crippen LogP) is 3.36. The van der Waals surface area contributed by atoms with Gasteiger partial charge >= 0.3 is 0 Å². The summed E-state index contributed by atoms with van der Waals surface area (Å²) in [6.45, 7) is 6.53. The van der Waals surface area contributed by atoms with Crippen molar-refractivity contribution in [3.8, 4) is 0 Å². The van der Waals surface area contributed by atoms with E-state index in [1.165, 1.54) is 0 Å². The molecule has 0 unspecified atom stereocenters. The lowest BCUT2D eigenvalue weighted by molar-refractivity contribution is 0.0953. The molecule has 0 bridgehead atoms. The quantitative estimate of drug-likeness (QED) is 0.650. The molecule has 1 rings (SSSR count). The summed E-state index contributed by atoms with van der Waals surface area (Å²) in [5, 5.41) is 6.32. The van der Waals surface area contributed by atoms with Gasteiger partial charge in [0.05, 0.1) is 5.56 Å². The van der Waals surface area contributed by atoms with Gasteiger partial charge in [0.25, 0.3) is 5.91 Å². The van der Waals surface area contributed by atoms with Crippen LogP contribution in [0.4, 0.5) is 5.69 Å². The minimum Gasteiger partial charge on any atom is -0.385 e. The zero-order chi connectivity index (χ0) is 15.5. The molecule has 0 fully saturated rings. The Labute approximate surface area is 128 Å². The minimum atomic E-state index is 0.000319. The van der Waals surface area contributed by atoms with Crippen LogP contribution >= 0.6 is 0 Å². The fourth-order valence-corrected chi connectivity index (χ4v) is 2.11. The summed E-state index contributed by atoms with van der Waals surface area (Å²) in [6.07, 6.45) is 4.14. The Morgan fingerprint density at radius 1 is 1.19 bits per heavy atom. The molecule has 0 saturated carbocycles. The van der Waals surface area contributed by atoms with Gasteiger partial charge in [-0.2, -0.15) is 0 Å². The van der Waals surface area contributed by atoms with Gasteiger partial charge in [0, 0.05) is 32.5 Å². The van der Waals surface area contributed by atoms with Crippen molar-refractivity contribution >= 4 is 11.6 Å². The number of carbonyl (C=O) groups excluding carboxylic acids is 1. The molecule has 0 heterocycles. The van der Waals surface area contributed by atoms with Crippen LogP contribution in [0.25, 0.3) is 0 Å². The van der Waals surface area contributed by atoms with Gasteiger partial charge < -0.3 is 15.4 Å². The van der Waals surface area contributed by atoms with Crippen molar-refractivity contribution < 1.29 is 9.53 Å². The van der Waals surface area contributed by atoms with Gasteiger partial charge in [0.1, 0.15) is 0 Å². The Bertz CT molecular complexity index is 433. The summed E-state index contributed by atoms with van der Waals surface area (Å²) in [7, 11) is 1.71. The highest BCUT2D eigenvalue weighted by Gasteiger charge is 2.10. The molecule has 118 valence electrons. The molecule has 0 atom stereocenters. The first kappa shape index (κ1) is 17.5. The first-order valence-corrected chi connectivity index (χ1v) is 7.80. The Hall–Kier alpha value is -1.55. The SMILES string of the molecule is CCCNc1cc(C)ccc1C(=O)NCCCCCOC. The normalized spacial score (nSPS) is 10.4. The molecule has 4 heteroatoms. The Balaban J connectivity index is 2.48. The Morgan fingerprint density at radius 2 is 2.00 bits per heavy atom. The third-order valence-electron chi connectivity index (χ3n) is 3.30. The van der Waals surface area contributed by atoms with E-state index in [0.717, 1.165) is 55.6 Å². The van der Waals surface area contributed by atoms with Crippen LogP contribution in [0, 0.1) is 6.92 Å². The van der Waals surface area contributed by atoms with E-state index < -0.39 is 0 Å². The first-order chi connectivity index (χ1) is 10.2. The number of hydrogen-bond donors (Lipinski definition) is 2. The topological polar surface area (TPSA) is 50.4 Å². The average Bonchev–Trinajstić information content (AvgIpc) is 2.48. The second-order valence-corrected chi connectivity index (χ2v) is 5.29. The maximum atomic E-state index is 12.3. The molecule has 0 saturated heterocycles. The van der Waals surface area contributed by atoms with Gasteiger partial charge in [0.15, 0.2) is 0 Å². The number of carbonyl (C=O) groups is 1. The fraction of sp³-hybridized carbons (Fsp3) is 0.588. The summed E-state index contributed by atoms with van der Waals surface area (Å²) < 4.78 is 5.01. The van der Waals surface area contributed by atoms with E-state index in [4.69, 9.17) is 4.74 Å². The van der Waals surface area contributed by atoms with Crippen molar-refractivity contribution in [1.29, 1.82) is 0 Å². The molecule has 0 aliphatic rings. The standard InChI is InChI=1S/C17H28N2O2/c1-4-10-18-16-13-14(2)8-9-15(16)17(20)19-11-6-5-7-12-21-3/h8-9,13,18H,4-7,10-12H2,1-3H3,(H,19,20). The fourth-order valence-electron chi connectivity index (χ4n) is 2.11. The summed E-state index contributed by atoms with van der Waals surface area (Å²) >= 11 is 0. The number of rotatable bonds is 10. The van der Waals surface area contributed by atoms with Crippen molar-refractivity contribution in [2.45, 2.75) is 39.5 Å². The highest BCUT2D eigenvalue weighted by atomic mass is 16.5. The molecule has 0 radical (unpaired) electrons. The van der Waals surface area contributed by atoms with E-state index in [-0.39, 0.29) is 5.91 Å². The largest absolute Gasteiger partial charge is 0.385 e. The molecule has 21 heavy (non-hydrogen) atoms. The molecule has 2 N–H and O–H groups in total. The monoisotopic (exact) mass is 292 g/mol. The van der Waals surface area contributed by atoms with E-state index in [9.17, 15) is 4.79 Å². The van der Waals surface area contributed by atoms with Crippen molar-refractivity contribution in [3.05, 3.63) is 29.3 Å². The minimum absolute atomic E-state index is 0.000319. The third-order valence-corrected chi connectivity index (χ3v) is 3.30. The van der Waals surface area contributed by atoms with Crippen LogP contribution in [0.15, 0.2) is 18.2 Å². The van der Waals surface area contributed by atoms with Crippen molar-refractivity contribution in [3.63, 3.8) is 0 Å². The zero-order valence-electron chi connectivity index (χ0n) is 13.5. The molecule has 4 nitrogen and oxygen atoms in total. The number of nitrogens with one attached hydrogen (secondary N) is 2. The number of anilines is 1. The van der Waals surface area contributed by atoms with Gasteiger partial charge in [-0.25, -0.2) is 0 Å². The summed E-state index contributed by atoms with van der Waals surface area (Å²) in [5.74, 6) is 0.000319. The molecular formula is C17H28N2O2. The van der Waals surface area contributed by atoms with Gasteiger partial charge in [-0.05, 0) is 50.3 Å². The Kier molecular flexibility index (Phi) is 8.51. The summed E-state index contributed by atoms with van der Waals surface area (Å²) in [5.41, 5.74) is 2.81. The molecule has 1 aromatic rings. The van der Waals surface area contributed by atoms with Gasteiger partial charge in [0.2, 0.25) is 0 Å². The van der Waals surface area contributed by atoms with E-state index in [1.54, 1.807) is 7.11 Å². The van der Waals surface area contributed by atoms with Crippen LogP contribution in [0.2, 0.25) is 0 Å². The third kappa shape index (κ3) is 6.63. The van der Waals surface area contributed by atoms with Gasteiger partial charge in [-0.1, -0.05) is 13.0 Å². The highest BCUT2D eigenvalue weighted by Crippen LogP contribution is 2.17. The average molecular weight is 292 g/mol. The van der Waals surface area contributed by atoms with Crippen LogP contribution < -0.4 is 10.6 Å². The lowest BCUT2D eigenvalue weighted by atomic mass is 10.1. The smallest absolute Gasteiger partial charge is 0.253 e. The van der Waals surface area contributed by atoms with Crippen LogP contribution in [-0.2, 0) is 4.74 Å². The molecule has 0 aliphatic carbocycles. The molecular weight excluding hydrogens is 264 g/mol. The first-order valence-electron chi connectivity index (χ1n) is 7.80. The lowest BCUT2D eigenvalue weighted by Gasteiger charge is -2.12. The summed E-state index contributed by atoms with van der Waals surface area (Å²) in [4.78, 5) is 12.3. The number of hydrogen-bond acceptors (Lipinski definition) is 3. The Morgan fingerprint density at radius 3 is 2.71 bits per heavy atom. The van der Waals surface area contributed by atoms with Gasteiger partial charge in [-0.3, -0.25) is 4.79 Å². The second-order valence-electron chi connectivity index (χ2n) is 5.29. The number of aryl methyl sites for hydroxylation is 1. The van der Waals surface area contributed by atoms with Crippen molar-refractivity contribution in [2.24, 2.45) is 0 Å². The molecule has 1 amide bonds. The van der Waals surface area contributed by atoms with Gasteiger partial charge in [-0.15, -0.1) is 0 Å². The van der Waals surface area contributed by atoms with Crippen molar-refractivity contribution in [2.75, 3.05) is 32.1 Å². The number of methoxy groups -OCH3 is 1. The predicted molar refractivity (Wildman–Crippen MR) is 88.0 cm³/mol. The number of ether oxygens (including phenoxy) is 1. The van der Waals surface area contributed by atoms with E-state index in [1.807, 2.05) is 25.1 Å². The zero-order valence-corrected chi connectivity index (χ0v) is 13.5. The number of amides is 1. The van der Waals surface area contributed by atoms with Crippen LogP contribution in [0.5, 0.6) is 0 Å². The van der Waals surface area contributed by atoms with Crippen LogP contribution in [0.3, 0.4) is 0 Å². The van der Waals surface area contributed by atoms with E-state index in [2.05, 4.69) is 17.6 Å².